The van der Waals surface area contributed by atoms with Crippen LogP contribution in [0.2, 0.25) is 0 Å². The zero-order chi connectivity index (χ0) is 14.7. The van der Waals surface area contributed by atoms with Gasteiger partial charge in [-0.25, -0.2) is 0 Å². The first-order valence-electron chi connectivity index (χ1n) is 6.09. The summed E-state index contributed by atoms with van der Waals surface area (Å²) in [7, 11) is 0. The van der Waals surface area contributed by atoms with Crippen LogP contribution in [0.15, 0.2) is 30.5 Å². The number of fused-ring (bicyclic) bond motifs is 1. The molecule has 20 heavy (non-hydrogen) atoms. The van der Waals surface area contributed by atoms with E-state index in [9.17, 15) is 5.11 Å². The maximum atomic E-state index is 9.18. The molecule has 2 heterocycles. The second kappa shape index (κ2) is 6.21. The number of hydrogen-bond donors (Lipinski definition) is 6. The van der Waals surface area contributed by atoms with Crippen molar-refractivity contribution in [2.24, 2.45) is 0 Å². The van der Waals surface area contributed by atoms with Gasteiger partial charge >= 0.3 is 0 Å². The van der Waals surface area contributed by atoms with Crippen molar-refractivity contribution in [3.05, 3.63) is 30.5 Å². The van der Waals surface area contributed by atoms with E-state index in [2.05, 4.69) is 9.72 Å². The van der Waals surface area contributed by atoms with E-state index in [-0.39, 0.29) is 6.61 Å². The number of H-pyrrole nitrogens is 1. The number of aromatic nitrogens is 1. The molecule has 1 aliphatic rings. The van der Waals surface area contributed by atoms with E-state index in [1.54, 1.807) is 6.20 Å². The smallest absolute Gasteiger partial charge is 0.183 e. The van der Waals surface area contributed by atoms with Gasteiger partial charge < -0.3 is 35.3 Å². The van der Waals surface area contributed by atoms with Crippen LogP contribution >= 0.6 is 0 Å². The first-order valence-corrected chi connectivity index (χ1v) is 6.09. The normalized spacial score (nSPS) is 29.8. The van der Waals surface area contributed by atoms with Crippen molar-refractivity contribution in [3.63, 3.8) is 0 Å². The molecule has 0 spiro atoms. The average Bonchev–Trinajstić information content (AvgIpc) is 2.84. The molecule has 7 nitrogen and oxygen atoms in total. The fourth-order valence-electron chi connectivity index (χ4n) is 1.85. The first-order chi connectivity index (χ1) is 9.50. The van der Waals surface area contributed by atoms with Gasteiger partial charge in [-0.05, 0) is 12.1 Å². The third-order valence-electron chi connectivity index (χ3n) is 3.04. The van der Waals surface area contributed by atoms with E-state index in [0.717, 1.165) is 10.9 Å². The summed E-state index contributed by atoms with van der Waals surface area (Å²) >= 11 is 0. The van der Waals surface area contributed by atoms with E-state index in [0.29, 0.717) is 5.75 Å². The van der Waals surface area contributed by atoms with E-state index in [1.807, 2.05) is 24.3 Å². The molecule has 0 aliphatic carbocycles. The predicted molar refractivity (Wildman–Crippen MR) is 69.9 cm³/mol. The van der Waals surface area contributed by atoms with E-state index in [1.165, 1.54) is 0 Å². The monoisotopic (exact) mass is 283 g/mol. The molecule has 110 valence electrons. The summed E-state index contributed by atoms with van der Waals surface area (Å²) < 4.78 is 4.47. The molecular weight excluding hydrogens is 266 g/mol. The minimum Gasteiger partial charge on any atom is -0.506 e. The van der Waals surface area contributed by atoms with Gasteiger partial charge in [0.25, 0.3) is 0 Å². The molecule has 0 saturated carbocycles. The highest BCUT2D eigenvalue weighted by Crippen LogP contribution is 2.22. The van der Waals surface area contributed by atoms with Crippen LogP contribution in [0.5, 0.6) is 5.75 Å². The Labute approximate surface area is 114 Å². The maximum Gasteiger partial charge on any atom is 0.183 e. The number of rotatable bonds is 0. The third kappa shape index (κ3) is 3.09. The number of benzene rings is 1. The van der Waals surface area contributed by atoms with Crippen molar-refractivity contribution in [2.75, 3.05) is 6.61 Å². The lowest BCUT2D eigenvalue weighted by Gasteiger charge is -2.31. The summed E-state index contributed by atoms with van der Waals surface area (Å²) in [5, 5.41) is 45.3. The van der Waals surface area contributed by atoms with Crippen LogP contribution in [-0.2, 0) is 4.74 Å². The van der Waals surface area contributed by atoms with Gasteiger partial charge in [0.15, 0.2) is 6.29 Å². The number of aromatic amines is 1. The molecular formula is C13H17NO6. The van der Waals surface area contributed by atoms with Crippen LogP contribution in [0.3, 0.4) is 0 Å². The summed E-state index contributed by atoms with van der Waals surface area (Å²) in [4.78, 5) is 2.94. The molecule has 1 fully saturated rings. The second-order valence-corrected chi connectivity index (χ2v) is 4.49. The van der Waals surface area contributed by atoms with Crippen molar-refractivity contribution < 1.29 is 30.3 Å². The van der Waals surface area contributed by atoms with Gasteiger partial charge in [0.2, 0.25) is 0 Å². The number of aromatic hydroxyl groups is 1. The summed E-state index contributed by atoms with van der Waals surface area (Å²) in [6.45, 7) is -0.153. The Hall–Kier alpha value is -1.64. The lowest BCUT2D eigenvalue weighted by atomic mass is 10.1. The van der Waals surface area contributed by atoms with Crippen LogP contribution in [-0.4, -0.2) is 61.7 Å². The molecule has 4 atom stereocenters. The summed E-state index contributed by atoms with van der Waals surface area (Å²) in [6.07, 6.45) is -3.64. The Morgan fingerprint density at radius 2 is 1.75 bits per heavy atom. The standard InChI is InChI=1S/C8H7NO.C5H10O5/c10-8-5-9-7-4-2-1-3-6(7)8;6-2-1-10-5(9)4(8)3(2)7/h1-5,9-10H;2-9H,1H2/t;2-,3-,4-,5?/m.1/s1. The zero-order valence-electron chi connectivity index (χ0n) is 10.5. The van der Waals surface area contributed by atoms with Crippen LogP contribution < -0.4 is 0 Å². The van der Waals surface area contributed by atoms with Gasteiger partial charge in [0.05, 0.1) is 6.61 Å². The molecule has 0 amide bonds. The molecule has 0 bridgehead atoms. The second-order valence-electron chi connectivity index (χ2n) is 4.49. The highest BCUT2D eigenvalue weighted by Gasteiger charge is 2.36. The number of aliphatic hydroxyl groups excluding tert-OH is 4. The molecule has 7 heteroatoms. The van der Waals surface area contributed by atoms with Crippen molar-refractivity contribution in [2.45, 2.75) is 24.6 Å². The zero-order valence-corrected chi connectivity index (χ0v) is 10.5. The number of hydrogen-bond acceptors (Lipinski definition) is 6. The van der Waals surface area contributed by atoms with Gasteiger partial charge in [0, 0.05) is 17.1 Å². The maximum absolute atomic E-state index is 9.18. The molecule has 1 aromatic heterocycles. The van der Waals surface area contributed by atoms with Crippen molar-refractivity contribution in [3.8, 4) is 5.75 Å². The lowest BCUT2D eigenvalue weighted by Crippen LogP contribution is -2.52. The summed E-state index contributed by atoms with van der Waals surface area (Å²) in [5.41, 5.74) is 0.972. The van der Waals surface area contributed by atoms with Crippen molar-refractivity contribution in [1.82, 2.24) is 4.98 Å². The van der Waals surface area contributed by atoms with Crippen LogP contribution in [0.4, 0.5) is 0 Å². The molecule has 3 rings (SSSR count). The molecule has 1 saturated heterocycles. The van der Waals surface area contributed by atoms with E-state index < -0.39 is 24.6 Å². The summed E-state index contributed by atoms with van der Waals surface area (Å²) in [5.74, 6) is 0.315. The van der Waals surface area contributed by atoms with Gasteiger partial charge in [0.1, 0.15) is 24.1 Å². The van der Waals surface area contributed by atoms with Crippen LogP contribution in [0.1, 0.15) is 0 Å². The Balaban J connectivity index is 0.000000147. The molecule has 1 aromatic carbocycles. The van der Waals surface area contributed by atoms with Gasteiger partial charge in [-0.3, -0.25) is 0 Å². The number of para-hydroxylation sites is 1. The van der Waals surface area contributed by atoms with Gasteiger partial charge in [-0.2, -0.15) is 0 Å². The van der Waals surface area contributed by atoms with Crippen molar-refractivity contribution >= 4 is 10.9 Å². The van der Waals surface area contributed by atoms with Gasteiger partial charge in [-0.15, -0.1) is 0 Å². The minimum absolute atomic E-state index is 0.153. The predicted octanol–water partition coefficient (Wildman–Crippen LogP) is -0.709. The third-order valence-corrected chi connectivity index (χ3v) is 3.04. The summed E-state index contributed by atoms with van der Waals surface area (Å²) in [6, 6.07) is 7.63. The Morgan fingerprint density at radius 1 is 1.05 bits per heavy atom. The minimum atomic E-state index is -1.41. The molecule has 1 aliphatic heterocycles. The number of nitrogens with one attached hydrogen (secondary N) is 1. The lowest BCUT2D eigenvalue weighted by molar-refractivity contribution is -0.252. The SMILES string of the molecule is OC1OC[C@@H](O)[C@@H](O)[C@H]1O.Oc1c[nH]c2ccccc12. The van der Waals surface area contributed by atoms with Gasteiger partial charge in [-0.1, -0.05) is 12.1 Å². The van der Waals surface area contributed by atoms with Crippen molar-refractivity contribution in [1.29, 1.82) is 0 Å². The topological polar surface area (TPSA) is 126 Å². The van der Waals surface area contributed by atoms with E-state index >= 15 is 0 Å². The molecule has 1 unspecified atom stereocenters. The highest BCUT2D eigenvalue weighted by molar-refractivity contribution is 5.85. The average molecular weight is 283 g/mol. The Bertz CT molecular complexity index is 543. The van der Waals surface area contributed by atoms with Crippen LogP contribution in [0.25, 0.3) is 10.9 Å². The Kier molecular flexibility index (Phi) is 4.58. The number of ether oxygens (including phenoxy) is 1. The largest absolute Gasteiger partial charge is 0.506 e. The Morgan fingerprint density at radius 3 is 2.40 bits per heavy atom. The number of aliphatic hydroxyl groups is 4. The highest BCUT2D eigenvalue weighted by atomic mass is 16.6. The van der Waals surface area contributed by atoms with Crippen LogP contribution in [0, 0.1) is 0 Å². The molecule has 0 radical (unpaired) electrons. The quantitative estimate of drug-likeness (QED) is 0.379. The van der Waals surface area contributed by atoms with E-state index in [4.69, 9.17) is 20.4 Å². The fraction of sp³-hybridized carbons (Fsp3) is 0.385. The first kappa shape index (κ1) is 14.8. The molecule has 6 N–H and O–H groups in total. The molecule has 2 aromatic rings. The fourth-order valence-corrected chi connectivity index (χ4v) is 1.85.